The SMILES string of the molecule is CCCCCOC(=O)/C=C\C(=O)[O-].CCCCCOC(=O)/C=C\C(=O)[O-].[Zn+2]. The monoisotopic (exact) mass is 434 g/mol. The first kappa shape index (κ1) is 29.7. The van der Waals surface area contributed by atoms with Crippen molar-refractivity contribution in [2.24, 2.45) is 0 Å². The number of aliphatic carboxylic acids is 2. The molecule has 27 heavy (non-hydrogen) atoms. The molecular weight excluding hydrogens is 410 g/mol. The molecule has 0 aromatic carbocycles. The zero-order chi connectivity index (χ0) is 20.2. The summed E-state index contributed by atoms with van der Waals surface area (Å²) < 4.78 is 9.36. The van der Waals surface area contributed by atoms with Crippen LogP contribution in [0, 0.1) is 0 Å². The van der Waals surface area contributed by atoms with E-state index in [1.165, 1.54) is 0 Å². The van der Waals surface area contributed by atoms with E-state index in [1.807, 2.05) is 13.8 Å². The van der Waals surface area contributed by atoms with Crippen LogP contribution in [0.1, 0.15) is 52.4 Å². The summed E-state index contributed by atoms with van der Waals surface area (Å²) in [5, 5.41) is 19.7. The van der Waals surface area contributed by atoms with Gasteiger partial charge in [-0.05, 0) is 25.0 Å². The predicted molar refractivity (Wildman–Crippen MR) is 89.3 cm³/mol. The first-order valence-electron chi connectivity index (χ1n) is 8.45. The van der Waals surface area contributed by atoms with E-state index >= 15 is 0 Å². The molecule has 8 nitrogen and oxygen atoms in total. The molecule has 0 aliphatic carbocycles. The van der Waals surface area contributed by atoms with Gasteiger partial charge < -0.3 is 29.3 Å². The van der Waals surface area contributed by atoms with E-state index in [9.17, 15) is 29.4 Å². The van der Waals surface area contributed by atoms with E-state index in [2.05, 4.69) is 9.47 Å². The molecule has 0 aromatic heterocycles. The van der Waals surface area contributed by atoms with Crippen molar-refractivity contribution in [1.82, 2.24) is 0 Å². The van der Waals surface area contributed by atoms with E-state index in [0.717, 1.165) is 50.7 Å². The van der Waals surface area contributed by atoms with Crippen molar-refractivity contribution in [3.8, 4) is 0 Å². The summed E-state index contributed by atoms with van der Waals surface area (Å²) in [5.74, 6) is -4.07. The molecule has 0 heterocycles. The molecule has 0 aromatic rings. The molecule has 0 N–H and O–H groups in total. The van der Waals surface area contributed by atoms with Crippen molar-refractivity contribution in [3.63, 3.8) is 0 Å². The van der Waals surface area contributed by atoms with Crippen LogP contribution in [0.3, 0.4) is 0 Å². The Bertz CT molecular complexity index is 442. The van der Waals surface area contributed by atoms with Gasteiger partial charge in [0.25, 0.3) is 0 Å². The minimum atomic E-state index is -1.40. The number of carboxylic acid groups (broad SMARTS) is 2. The summed E-state index contributed by atoms with van der Waals surface area (Å²) in [6, 6.07) is 0. The van der Waals surface area contributed by atoms with Crippen molar-refractivity contribution in [1.29, 1.82) is 0 Å². The Kier molecular flexibility index (Phi) is 24.3. The molecule has 0 unspecified atom stereocenters. The summed E-state index contributed by atoms with van der Waals surface area (Å²) in [4.78, 5) is 41.2. The van der Waals surface area contributed by atoms with Crippen LogP contribution in [0.4, 0.5) is 0 Å². The second-order valence-electron chi connectivity index (χ2n) is 5.05. The van der Waals surface area contributed by atoms with E-state index in [-0.39, 0.29) is 19.5 Å². The van der Waals surface area contributed by atoms with Gasteiger partial charge in [0, 0.05) is 12.2 Å². The molecular formula is C18H26O8Zn. The van der Waals surface area contributed by atoms with Crippen LogP contribution in [0.25, 0.3) is 0 Å². The van der Waals surface area contributed by atoms with Crippen molar-refractivity contribution in [2.75, 3.05) is 13.2 Å². The number of unbranched alkanes of at least 4 members (excludes halogenated alkanes) is 4. The number of carbonyl (C=O) groups excluding carboxylic acids is 4. The fraction of sp³-hybridized carbons (Fsp3) is 0.556. The Morgan fingerprint density at radius 2 is 1.00 bits per heavy atom. The number of hydrogen-bond donors (Lipinski definition) is 0. The molecule has 9 heteroatoms. The molecule has 0 radical (unpaired) electrons. The smallest absolute Gasteiger partial charge is 0.545 e. The van der Waals surface area contributed by atoms with Gasteiger partial charge in [-0.1, -0.05) is 39.5 Å². The average molecular weight is 436 g/mol. The molecule has 148 valence electrons. The van der Waals surface area contributed by atoms with Crippen molar-refractivity contribution < 1.29 is 58.3 Å². The molecule has 0 atom stereocenters. The fourth-order valence-electron chi connectivity index (χ4n) is 1.42. The van der Waals surface area contributed by atoms with Crippen LogP contribution in [-0.4, -0.2) is 37.1 Å². The van der Waals surface area contributed by atoms with Gasteiger partial charge in [-0.15, -0.1) is 0 Å². The van der Waals surface area contributed by atoms with Crippen molar-refractivity contribution in [3.05, 3.63) is 24.3 Å². The van der Waals surface area contributed by atoms with Crippen molar-refractivity contribution in [2.45, 2.75) is 52.4 Å². The molecule has 0 saturated carbocycles. The zero-order valence-electron chi connectivity index (χ0n) is 15.9. The molecule has 0 amide bonds. The molecule has 0 bridgehead atoms. The maximum atomic E-state index is 10.7. The Labute approximate surface area is 172 Å². The number of rotatable bonds is 12. The van der Waals surface area contributed by atoms with Crippen LogP contribution in [0.5, 0.6) is 0 Å². The first-order chi connectivity index (χ1) is 12.3. The molecule has 0 rings (SSSR count). The molecule has 0 aliphatic heterocycles. The van der Waals surface area contributed by atoms with Crippen LogP contribution in [-0.2, 0) is 48.1 Å². The fourth-order valence-corrected chi connectivity index (χ4v) is 1.42. The van der Waals surface area contributed by atoms with Gasteiger partial charge in [-0.2, -0.15) is 0 Å². The largest absolute Gasteiger partial charge is 2.00 e. The zero-order valence-corrected chi connectivity index (χ0v) is 18.9. The third kappa shape index (κ3) is 29.0. The van der Waals surface area contributed by atoms with Gasteiger partial charge in [0.05, 0.1) is 25.2 Å². The van der Waals surface area contributed by atoms with Crippen LogP contribution >= 0.6 is 0 Å². The van der Waals surface area contributed by atoms with E-state index in [0.29, 0.717) is 25.4 Å². The van der Waals surface area contributed by atoms with Crippen LogP contribution in [0.15, 0.2) is 24.3 Å². The number of hydrogen-bond acceptors (Lipinski definition) is 8. The maximum Gasteiger partial charge on any atom is 2.00 e. The predicted octanol–water partition coefficient (Wildman–Crippen LogP) is 0.0493. The van der Waals surface area contributed by atoms with Crippen molar-refractivity contribution >= 4 is 23.9 Å². The molecule has 0 saturated heterocycles. The van der Waals surface area contributed by atoms with Gasteiger partial charge in [0.1, 0.15) is 0 Å². The number of carbonyl (C=O) groups is 4. The second-order valence-corrected chi connectivity index (χ2v) is 5.05. The quantitative estimate of drug-likeness (QED) is 0.182. The Balaban J connectivity index is -0.000000411. The van der Waals surface area contributed by atoms with E-state index in [1.54, 1.807) is 0 Å². The summed E-state index contributed by atoms with van der Waals surface area (Å²) in [5.41, 5.74) is 0. The van der Waals surface area contributed by atoms with Crippen LogP contribution < -0.4 is 10.2 Å². The minimum Gasteiger partial charge on any atom is -0.545 e. The number of carboxylic acids is 2. The Morgan fingerprint density at radius 1 is 0.667 bits per heavy atom. The number of esters is 2. The van der Waals surface area contributed by atoms with Crippen LogP contribution in [0.2, 0.25) is 0 Å². The van der Waals surface area contributed by atoms with E-state index < -0.39 is 23.9 Å². The Hall–Kier alpha value is -2.02. The standard InChI is InChI=1S/2C9H14O4.Zn/c2*1-2-3-4-7-13-9(12)6-5-8(10)11;/h2*5-6H,2-4,7H2,1H3,(H,10,11);/q;;+2/p-2/b2*6-5-;. The topological polar surface area (TPSA) is 133 Å². The molecule has 0 aliphatic rings. The first-order valence-corrected chi connectivity index (χ1v) is 8.45. The summed E-state index contributed by atoms with van der Waals surface area (Å²) in [7, 11) is 0. The summed E-state index contributed by atoms with van der Waals surface area (Å²) in [6.45, 7) is 4.75. The summed E-state index contributed by atoms with van der Waals surface area (Å²) >= 11 is 0. The molecule has 0 spiro atoms. The van der Waals surface area contributed by atoms with E-state index in [4.69, 9.17) is 0 Å². The number of ether oxygens (including phenoxy) is 2. The van der Waals surface area contributed by atoms with Gasteiger partial charge in [-0.3, -0.25) is 0 Å². The molecule has 0 fully saturated rings. The van der Waals surface area contributed by atoms with Gasteiger partial charge in [-0.25, -0.2) is 9.59 Å². The van der Waals surface area contributed by atoms with Gasteiger partial charge in [0.15, 0.2) is 0 Å². The summed E-state index contributed by atoms with van der Waals surface area (Å²) in [6.07, 6.45) is 8.71. The third-order valence-electron chi connectivity index (χ3n) is 2.70. The maximum absolute atomic E-state index is 10.7. The minimum absolute atomic E-state index is 0. The average Bonchev–Trinajstić information content (AvgIpc) is 2.59. The second kappa shape index (κ2) is 22.0. The van der Waals surface area contributed by atoms with Gasteiger partial charge >= 0.3 is 31.4 Å². The Morgan fingerprint density at radius 3 is 1.26 bits per heavy atom. The normalized spacial score (nSPS) is 9.85. The third-order valence-corrected chi connectivity index (χ3v) is 2.70. The van der Waals surface area contributed by atoms with Gasteiger partial charge in [0.2, 0.25) is 0 Å².